The van der Waals surface area contributed by atoms with E-state index in [9.17, 15) is 9.59 Å². The van der Waals surface area contributed by atoms with Crippen LogP contribution in [0.2, 0.25) is 0 Å². The highest BCUT2D eigenvalue weighted by Crippen LogP contribution is 2.10. The molecule has 5 nitrogen and oxygen atoms in total. The van der Waals surface area contributed by atoms with Gasteiger partial charge in [0.15, 0.2) is 0 Å². The molecule has 2 aliphatic heterocycles. The van der Waals surface area contributed by atoms with Gasteiger partial charge in [0.25, 0.3) is 0 Å². The quantitative estimate of drug-likeness (QED) is 0.797. The van der Waals surface area contributed by atoms with Crippen molar-refractivity contribution in [2.45, 2.75) is 65.7 Å². The summed E-state index contributed by atoms with van der Waals surface area (Å²) in [5, 5.41) is 0. The van der Waals surface area contributed by atoms with Crippen molar-refractivity contribution in [3.05, 3.63) is 0 Å². The standard InChI is InChI=1S/C8H15NO.C7H13NO.C3H8O/c1-2-9-7-5-3-4-6-8(9)10;1-2-5-8-6-3-4-7(8)9;1-3-4-2/h2-7H2,1H3;2-6H2,1H3;3H2,1-2H3. The van der Waals surface area contributed by atoms with Crippen molar-refractivity contribution < 1.29 is 14.3 Å². The van der Waals surface area contributed by atoms with Gasteiger partial charge in [-0.15, -0.1) is 0 Å². The zero-order valence-corrected chi connectivity index (χ0v) is 15.6. The van der Waals surface area contributed by atoms with Crippen LogP contribution in [0.4, 0.5) is 0 Å². The Bertz CT molecular complexity index is 319. The van der Waals surface area contributed by atoms with Gasteiger partial charge in [-0.25, -0.2) is 0 Å². The predicted octanol–water partition coefficient (Wildman–Crippen LogP) is 3.08. The van der Waals surface area contributed by atoms with Gasteiger partial charge >= 0.3 is 0 Å². The molecule has 2 rings (SSSR count). The first kappa shape index (κ1) is 21.9. The van der Waals surface area contributed by atoms with E-state index >= 15 is 0 Å². The van der Waals surface area contributed by atoms with E-state index in [0.717, 1.165) is 64.9 Å². The monoisotopic (exact) mass is 328 g/mol. The van der Waals surface area contributed by atoms with E-state index in [4.69, 9.17) is 0 Å². The predicted molar refractivity (Wildman–Crippen MR) is 94.4 cm³/mol. The van der Waals surface area contributed by atoms with Crippen LogP contribution in [0.1, 0.15) is 65.7 Å². The fraction of sp³-hybridized carbons (Fsp3) is 0.889. The Hall–Kier alpha value is -1.10. The number of methoxy groups -OCH3 is 1. The third-order valence-electron chi connectivity index (χ3n) is 4.01. The van der Waals surface area contributed by atoms with Crippen molar-refractivity contribution in [3.8, 4) is 0 Å². The van der Waals surface area contributed by atoms with Gasteiger partial charge in [-0.2, -0.15) is 0 Å². The minimum Gasteiger partial charge on any atom is -0.385 e. The highest BCUT2D eigenvalue weighted by Gasteiger charge is 2.18. The highest BCUT2D eigenvalue weighted by molar-refractivity contribution is 5.78. The number of hydrogen-bond donors (Lipinski definition) is 0. The van der Waals surface area contributed by atoms with Crippen LogP contribution < -0.4 is 0 Å². The molecule has 0 saturated carbocycles. The fourth-order valence-corrected chi connectivity index (χ4v) is 2.58. The molecule has 0 aromatic rings. The summed E-state index contributed by atoms with van der Waals surface area (Å²) >= 11 is 0. The fourth-order valence-electron chi connectivity index (χ4n) is 2.58. The molecule has 0 atom stereocenters. The molecule has 136 valence electrons. The molecule has 0 unspecified atom stereocenters. The second kappa shape index (κ2) is 14.5. The summed E-state index contributed by atoms with van der Waals surface area (Å²) in [6, 6.07) is 0. The Morgan fingerprint density at radius 3 is 1.91 bits per heavy atom. The molecule has 23 heavy (non-hydrogen) atoms. The lowest BCUT2D eigenvalue weighted by molar-refractivity contribution is -0.130. The molecule has 0 aliphatic carbocycles. The second-order valence-electron chi connectivity index (χ2n) is 5.85. The first-order valence-corrected chi connectivity index (χ1v) is 9.15. The minimum absolute atomic E-state index is 0.344. The number of carbonyl (C=O) groups excluding carboxylic acids is 2. The molecule has 5 heteroatoms. The summed E-state index contributed by atoms with van der Waals surface area (Å²) in [7, 11) is 1.68. The summed E-state index contributed by atoms with van der Waals surface area (Å²) in [5.74, 6) is 0.692. The molecule has 0 N–H and O–H groups in total. The molecule has 2 fully saturated rings. The lowest BCUT2D eigenvalue weighted by Crippen LogP contribution is -2.29. The van der Waals surface area contributed by atoms with Crippen LogP contribution in [0.15, 0.2) is 0 Å². The molecule has 2 amide bonds. The maximum absolute atomic E-state index is 11.2. The van der Waals surface area contributed by atoms with E-state index in [-0.39, 0.29) is 0 Å². The van der Waals surface area contributed by atoms with Crippen LogP contribution in [-0.4, -0.2) is 61.5 Å². The molecule has 0 bridgehead atoms. The van der Waals surface area contributed by atoms with Gasteiger partial charge in [-0.05, 0) is 39.5 Å². The maximum Gasteiger partial charge on any atom is 0.222 e. The van der Waals surface area contributed by atoms with Crippen molar-refractivity contribution in [2.24, 2.45) is 0 Å². The van der Waals surface area contributed by atoms with Gasteiger partial charge in [0.05, 0.1) is 0 Å². The van der Waals surface area contributed by atoms with Gasteiger partial charge in [-0.3, -0.25) is 9.59 Å². The summed E-state index contributed by atoms with van der Waals surface area (Å²) < 4.78 is 4.54. The molecular formula is C18H36N2O3. The van der Waals surface area contributed by atoms with Crippen molar-refractivity contribution in [2.75, 3.05) is 39.9 Å². The zero-order chi connectivity index (χ0) is 17.5. The number of rotatable bonds is 4. The van der Waals surface area contributed by atoms with E-state index in [1.165, 1.54) is 12.8 Å². The molecule has 0 spiro atoms. The molecule has 0 radical (unpaired) electrons. The van der Waals surface area contributed by atoms with E-state index < -0.39 is 0 Å². The molecule has 0 aromatic heterocycles. The molecule has 2 aliphatic rings. The Labute approximate surface area is 142 Å². The smallest absolute Gasteiger partial charge is 0.222 e. The Kier molecular flexibility index (Phi) is 13.8. The maximum atomic E-state index is 11.2. The second-order valence-corrected chi connectivity index (χ2v) is 5.85. The Morgan fingerprint density at radius 1 is 0.870 bits per heavy atom. The third-order valence-corrected chi connectivity index (χ3v) is 4.01. The van der Waals surface area contributed by atoms with Crippen LogP contribution in [0.3, 0.4) is 0 Å². The average molecular weight is 328 g/mol. The number of nitrogens with zero attached hydrogens (tertiary/aromatic N) is 2. The van der Waals surface area contributed by atoms with E-state index in [0.29, 0.717) is 11.8 Å². The Morgan fingerprint density at radius 2 is 1.43 bits per heavy atom. The number of likely N-dealkylation sites (tertiary alicyclic amines) is 2. The van der Waals surface area contributed by atoms with Gasteiger partial charge in [0, 0.05) is 52.7 Å². The van der Waals surface area contributed by atoms with Crippen LogP contribution in [0, 0.1) is 0 Å². The first-order valence-electron chi connectivity index (χ1n) is 9.15. The van der Waals surface area contributed by atoms with Crippen molar-refractivity contribution in [1.29, 1.82) is 0 Å². The van der Waals surface area contributed by atoms with Crippen molar-refractivity contribution >= 4 is 11.8 Å². The van der Waals surface area contributed by atoms with E-state index in [2.05, 4.69) is 11.7 Å². The zero-order valence-electron chi connectivity index (χ0n) is 15.6. The average Bonchev–Trinajstić information content (AvgIpc) is 2.84. The van der Waals surface area contributed by atoms with E-state index in [1.54, 1.807) is 7.11 Å². The lowest BCUT2D eigenvalue weighted by atomic mass is 10.2. The Balaban J connectivity index is 0.000000345. The molecular weight excluding hydrogens is 292 g/mol. The molecule has 2 heterocycles. The number of hydrogen-bond acceptors (Lipinski definition) is 3. The van der Waals surface area contributed by atoms with Crippen LogP contribution >= 0.6 is 0 Å². The van der Waals surface area contributed by atoms with Crippen LogP contribution in [-0.2, 0) is 14.3 Å². The lowest BCUT2D eigenvalue weighted by Gasteiger charge is -2.17. The summed E-state index contributed by atoms with van der Waals surface area (Å²) in [5.41, 5.74) is 0. The summed E-state index contributed by atoms with van der Waals surface area (Å²) in [4.78, 5) is 26.0. The number of amides is 2. The topological polar surface area (TPSA) is 49.9 Å². The van der Waals surface area contributed by atoms with E-state index in [1.807, 2.05) is 23.6 Å². The SMILES string of the molecule is CCCN1CCCC1=O.CCN1CCCCCC1=O.CCOC. The summed E-state index contributed by atoms with van der Waals surface area (Å²) in [6.45, 7) is 10.7. The summed E-state index contributed by atoms with van der Waals surface area (Å²) in [6.07, 6.45) is 7.22. The molecule has 0 aromatic carbocycles. The highest BCUT2D eigenvalue weighted by atomic mass is 16.5. The van der Waals surface area contributed by atoms with Crippen LogP contribution in [0.5, 0.6) is 0 Å². The van der Waals surface area contributed by atoms with Gasteiger partial charge in [0.2, 0.25) is 11.8 Å². The van der Waals surface area contributed by atoms with Crippen molar-refractivity contribution in [1.82, 2.24) is 9.80 Å². The number of carbonyl (C=O) groups is 2. The minimum atomic E-state index is 0.344. The molecule has 2 saturated heterocycles. The normalized spacial score (nSPS) is 17.9. The third kappa shape index (κ3) is 10.3. The van der Waals surface area contributed by atoms with Gasteiger partial charge in [0.1, 0.15) is 0 Å². The van der Waals surface area contributed by atoms with Gasteiger partial charge < -0.3 is 14.5 Å². The van der Waals surface area contributed by atoms with Gasteiger partial charge in [-0.1, -0.05) is 13.3 Å². The van der Waals surface area contributed by atoms with Crippen molar-refractivity contribution in [3.63, 3.8) is 0 Å². The number of ether oxygens (including phenoxy) is 1. The largest absolute Gasteiger partial charge is 0.385 e. The van der Waals surface area contributed by atoms with Crippen LogP contribution in [0.25, 0.3) is 0 Å². The first-order chi connectivity index (χ1) is 11.1.